The van der Waals surface area contributed by atoms with Crippen molar-refractivity contribution < 1.29 is 8.42 Å². The van der Waals surface area contributed by atoms with Crippen molar-refractivity contribution in [3.8, 4) is 0 Å². The molecule has 0 saturated carbocycles. The molecule has 0 unspecified atom stereocenters. The maximum atomic E-state index is 12.0. The number of nitrogens with one attached hydrogen (secondary N) is 1. The molecule has 18 heavy (non-hydrogen) atoms. The number of thioether (sulfide) groups is 1. The fraction of sp³-hybridized carbons (Fsp3) is 0.400. The first-order valence-electron chi connectivity index (χ1n) is 5.09. The molecule has 0 saturated heterocycles. The van der Waals surface area contributed by atoms with Gasteiger partial charge in [-0.1, -0.05) is 23.2 Å². The molecule has 8 heteroatoms. The molecule has 4 nitrogen and oxygen atoms in total. The first-order chi connectivity index (χ1) is 8.44. The summed E-state index contributed by atoms with van der Waals surface area (Å²) in [5, 5.41) is 0.451. The molecule has 0 spiro atoms. The Labute approximate surface area is 121 Å². The monoisotopic (exact) mass is 328 g/mol. The molecule has 1 rings (SSSR count). The van der Waals surface area contributed by atoms with Crippen molar-refractivity contribution in [3.63, 3.8) is 0 Å². The number of benzene rings is 1. The number of hydrogen-bond acceptors (Lipinski definition) is 4. The second kappa shape index (κ2) is 6.98. The first-order valence-corrected chi connectivity index (χ1v) is 8.73. The molecule has 0 aliphatic carbocycles. The summed E-state index contributed by atoms with van der Waals surface area (Å²) < 4.78 is 26.5. The van der Waals surface area contributed by atoms with E-state index in [-0.39, 0.29) is 16.5 Å². The molecule has 0 aliphatic rings. The van der Waals surface area contributed by atoms with Gasteiger partial charge in [-0.3, -0.25) is 0 Å². The summed E-state index contributed by atoms with van der Waals surface area (Å²) in [6, 6.07) is 2.87. The molecule has 0 aromatic heterocycles. The van der Waals surface area contributed by atoms with E-state index in [4.69, 9.17) is 28.9 Å². The van der Waals surface area contributed by atoms with Crippen molar-refractivity contribution in [3.05, 3.63) is 27.7 Å². The average molecular weight is 329 g/mol. The summed E-state index contributed by atoms with van der Waals surface area (Å²) >= 11 is 13.5. The van der Waals surface area contributed by atoms with E-state index in [1.54, 1.807) is 11.8 Å². The molecular formula is C10H14Cl2N2O2S2. The van der Waals surface area contributed by atoms with Gasteiger partial charge in [0.15, 0.2) is 0 Å². The van der Waals surface area contributed by atoms with Gasteiger partial charge in [-0.15, -0.1) is 0 Å². The van der Waals surface area contributed by atoms with Gasteiger partial charge in [0.05, 0.1) is 5.02 Å². The van der Waals surface area contributed by atoms with Gasteiger partial charge >= 0.3 is 0 Å². The Morgan fingerprint density at radius 2 is 2.06 bits per heavy atom. The lowest BCUT2D eigenvalue weighted by atomic mass is 10.2. The fourth-order valence-electron chi connectivity index (χ4n) is 1.33. The summed E-state index contributed by atoms with van der Waals surface area (Å²) in [5.41, 5.74) is 5.93. The summed E-state index contributed by atoms with van der Waals surface area (Å²) in [6.45, 7) is 0.437. The van der Waals surface area contributed by atoms with Crippen LogP contribution in [0, 0.1) is 0 Å². The van der Waals surface area contributed by atoms with Crippen LogP contribution in [0.25, 0.3) is 0 Å². The molecule has 1 aromatic rings. The van der Waals surface area contributed by atoms with Crippen molar-refractivity contribution in [1.29, 1.82) is 0 Å². The highest BCUT2D eigenvalue weighted by atomic mass is 35.5. The predicted octanol–water partition coefficient (Wildman–Crippen LogP) is 2.09. The molecule has 0 atom stereocenters. The quantitative estimate of drug-likeness (QED) is 0.784. The molecule has 0 aliphatic heterocycles. The normalized spacial score (nSPS) is 11.8. The SMILES string of the molecule is CSCCNS(=O)(=O)c1ccc(Cl)c(CN)c1Cl. The Kier molecular flexibility index (Phi) is 6.23. The maximum Gasteiger partial charge on any atom is 0.242 e. The van der Waals surface area contributed by atoms with E-state index in [0.717, 1.165) is 0 Å². The maximum absolute atomic E-state index is 12.0. The minimum atomic E-state index is -3.62. The number of hydrogen-bond donors (Lipinski definition) is 2. The number of nitrogens with two attached hydrogens (primary N) is 1. The Morgan fingerprint density at radius 3 is 2.61 bits per heavy atom. The van der Waals surface area contributed by atoms with Crippen molar-refractivity contribution in [2.24, 2.45) is 5.73 Å². The minimum absolute atomic E-state index is 0.00937. The highest BCUT2D eigenvalue weighted by molar-refractivity contribution is 7.98. The van der Waals surface area contributed by atoms with Gasteiger partial charge in [0, 0.05) is 29.4 Å². The highest BCUT2D eigenvalue weighted by Crippen LogP contribution is 2.30. The zero-order valence-electron chi connectivity index (χ0n) is 9.74. The van der Waals surface area contributed by atoms with Crippen LogP contribution >= 0.6 is 35.0 Å². The van der Waals surface area contributed by atoms with E-state index in [2.05, 4.69) is 4.72 Å². The van der Waals surface area contributed by atoms with Crippen LogP contribution in [-0.4, -0.2) is 27.0 Å². The van der Waals surface area contributed by atoms with Crippen molar-refractivity contribution in [2.75, 3.05) is 18.6 Å². The molecule has 0 amide bonds. The summed E-state index contributed by atoms with van der Waals surface area (Å²) in [7, 11) is -3.62. The van der Waals surface area contributed by atoms with Crippen LogP contribution in [0.1, 0.15) is 5.56 Å². The highest BCUT2D eigenvalue weighted by Gasteiger charge is 2.20. The van der Waals surface area contributed by atoms with Crippen molar-refractivity contribution in [2.45, 2.75) is 11.4 Å². The zero-order chi connectivity index (χ0) is 13.8. The fourth-order valence-corrected chi connectivity index (χ4v) is 3.72. The second-order valence-corrected chi connectivity index (χ2v) is 6.94. The zero-order valence-corrected chi connectivity index (χ0v) is 12.9. The minimum Gasteiger partial charge on any atom is -0.326 e. The topological polar surface area (TPSA) is 72.2 Å². The van der Waals surface area contributed by atoms with E-state index in [1.807, 2.05) is 6.26 Å². The smallest absolute Gasteiger partial charge is 0.242 e. The third-order valence-corrected chi connectivity index (χ3v) is 5.26. The molecule has 0 radical (unpaired) electrons. The van der Waals surface area contributed by atoms with Crippen LogP contribution in [0.15, 0.2) is 17.0 Å². The lowest BCUT2D eigenvalue weighted by Gasteiger charge is -2.11. The van der Waals surface area contributed by atoms with E-state index in [9.17, 15) is 8.42 Å². The predicted molar refractivity (Wildman–Crippen MR) is 77.9 cm³/mol. The first kappa shape index (κ1) is 16.1. The van der Waals surface area contributed by atoms with Gasteiger partial charge in [0.2, 0.25) is 10.0 Å². The summed E-state index contributed by atoms with van der Waals surface area (Å²) in [6.07, 6.45) is 1.90. The second-order valence-electron chi connectivity index (χ2n) is 3.43. The Morgan fingerprint density at radius 1 is 1.39 bits per heavy atom. The molecule has 0 heterocycles. The van der Waals surface area contributed by atoms with Crippen LogP contribution in [0.3, 0.4) is 0 Å². The van der Waals surface area contributed by atoms with Crippen LogP contribution in [0.5, 0.6) is 0 Å². The molecule has 1 aromatic carbocycles. The Hall–Kier alpha value is 0.0200. The lowest BCUT2D eigenvalue weighted by Crippen LogP contribution is -2.26. The summed E-state index contributed by atoms with van der Waals surface area (Å²) in [4.78, 5) is 0.00937. The van der Waals surface area contributed by atoms with Crippen molar-refractivity contribution in [1.82, 2.24) is 4.72 Å². The Bertz CT molecular complexity index is 521. The van der Waals surface area contributed by atoms with Crippen LogP contribution < -0.4 is 10.5 Å². The number of sulfonamides is 1. The Balaban J connectivity index is 3.10. The summed E-state index contributed by atoms with van der Waals surface area (Å²) in [5.74, 6) is 0.689. The number of rotatable bonds is 6. The van der Waals surface area contributed by atoms with E-state index in [0.29, 0.717) is 22.9 Å². The van der Waals surface area contributed by atoms with Gasteiger partial charge in [0.25, 0.3) is 0 Å². The molecule has 102 valence electrons. The van der Waals surface area contributed by atoms with Crippen LogP contribution in [-0.2, 0) is 16.6 Å². The molecular weight excluding hydrogens is 315 g/mol. The van der Waals surface area contributed by atoms with E-state index >= 15 is 0 Å². The average Bonchev–Trinajstić information content (AvgIpc) is 2.29. The van der Waals surface area contributed by atoms with Crippen LogP contribution in [0.4, 0.5) is 0 Å². The molecule has 3 N–H and O–H groups in total. The van der Waals surface area contributed by atoms with Gasteiger partial charge in [0.1, 0.15) is 4.90 Å². The molecule has 0 fully saturated rings. The largest absolute Gasteiger partial charge is 0.326 e. The molecule has 0 bridgehead atoms. The van der Waals surface area contributed by atoms with Gasteiger partial charge in [-0.2, -0.15) is 11.8 Å². The lowest BCUT2D eigenvalue weighted by molar-refractivity contribution is 0.584. The van der Waals surface area contributed by atoms with Gasteiger partial charge < -0.3 is 5.73 Å². The van der Waals surface area contributed by atoms with E-state index < -0.39 is 10.0 Å². The van der Waals surface area contributed by atoms with Crippen LogP contribution in [0.2, 0.25) is 10.0 Å². The third-order valence-electron chi connectivity index (χ3n) is 2.24. The van der Waals surface area contributed by atoms with E-state index in [1.165, 1.54) is 12.1 Å². The standard InChI is InChI=1S/C10H14Cl2N2O2S2/c1-17-5-4-14-18(15,16)9-3-2-8(11)7(6-13)10(9)12/h2-3,14H,4-6,13H2,1H3. The third kappa shape index (κ3) is 3.76. The van der Waals surface area contributed by atoms with Gasteiger partial charge in [-0.25, -0.2) is 13.1 Å². The van der Waals surface area contributed by atoms with Crippen molar-refractivity contribution >= 4 is 45.0 Å². The number of halogens is 2. The van der Waals surface area contributed by atoms with Gasteiger partial charge in [-0.05, 0) is 18.4 Å².